The Bertz CT molecular complexity index is 368. The van der Waals surface area contributed by atoms with Crippen LogP contribution in [0.25, 0.3) is 0 Å². The van der Waals surface area contributed by atoms with E-state index in [2.05, 4.69) is 4.74 Å². The standard InChI is InChI=1S/C10H10FIO3/c1-6(10(13)14-2)15-8-5-3-4-7(11)9(8)12/h3-6H,1-2H3/t6-/m1/s1. The molecule has 3 nitrogen and oxygen atoms in total. The summed E-state index contributed by atoms with van der Waals surface area (Å²) in [6, 6.07) is 4.46. The third kappa shape index (κ3) is 3.05. The zero-order valence-corrected chi connectivity index (χ0v) is 10.4. The Morgan fingerprint density at radius 3 is 2.80 bits per heavy atom. The van der Waals surface area contributed by atoms with Crippen molar-refractivity contribution in [3.8, 4) is 5.75 Å². The smallest absolute Gasteiger partial charge is 0.346 e. The molecule has 0 bridgehead atoms. The summed E-state index contributed by atoms with van der Waals surface area (Å²) in [5, 5.41) is 0. The Morgan fingerprint density at radius 2 is 2.20 bits per heavy atom. The fourth-order valence-electron chi connectivity index (χ4n) is 0.980. The van der Waals surface area contributed by atoms with Crippen LogP contribution in [-0.4, -0.2) is 19.2 Å². The molecule has 5 heteroatoms. The number of benzene rings is 1. The van der Waals surface area contributed by atoms with Crippen molar-refractivity contribution in [2.45, 2.75) is 13.0 Å². The van der Waals surface area contributed by atoms with Crippen LogP contribution in [0.3, 0.4) is 0 Å². The van der Waals surface area contributed by atoms with Crippen molar-refractivity contribution in [2.24, 2.45) is 0 Å². The van der Waals surface area contributed by atoms with Crippen LogP contribution < -0.4 is 4.74 Å². The van der Waals surface area contributed by atoms with Gasteiger partial charge in [-0.25, -0.2) is 9.18 Å². The minimum Gasteiger partial charge on any atom is -0.478 e. The number of ether oxygens (including phenoxy) is 2. The van der Waals surface area contributed by atoms with Crippen molar-refractivity contribution in [2.75, 3.05) is 7.11 Å². The van der Waals surface area contributed by atoms with E-state index < -0.39 is 12.1 Å². The predicted octanol–water partition coefficient (Wildman–Crippen LogP) is 2.37. The van der Waals surface area contributed by atoms with Crippen molar-refractivity contribution in [1.82, 2.24) is 0 Å². The Kier molecular flexibility index (Phi) is 4.31. The maximum absolute atomic E-state index is 13.1. The number of methoxy groups -OCH3 is 1. The molecule has 0 aliphatic heterocycles. The molecule has 0 unspecified atom stereocenters. The molecule has 0 heterocycles. The van der Waals surface area contributed by atoms with Crippen LogP contribution in [0.2, 0.25) is 0 Å². The number of hydrogen-bond acceptors (Lipinski definition) is 3. The first-order chi connectivity index (χ1) is 7.06. The van der Waals surface area contributed by atoms with Crippen molar-refractivity contribution in [1.29, 1.82) is 0 Å². The molecule has 0 N–H and O–H groups in total. The lowest BCUT2D eigenvalue weighted by Gasteiger charge is -2.13. The minimum absolute atomic E-state index is 0.341. The fraction of sp³-hybridized carbons (Fsp3) is 0.300. The van der Waals surface area contributed by atoms with Gasteiger partial charge < -0.3 is 9.47 Å². The van der Waals surface area contributed by atoms with Gasteiger partial charge in [-0.1, -0.05) is 6.07 Å². The molecule has 82 valence electrons. The maximum atomic E-state index is 13.1. The van der Waals surface area contributed by atoms with Gasteiger partial charge in [0.1, 0.15) is 11.6 Å². The van der Waals surface area contributed by atoms with Gasteiger partial charge in [0.15, 0.2) is 6.10 Å². The van der Waals surface area contributed by atoms with Crippen LogP contribution in [0.15, 0.2) is 18.2 Å². The summed E-state index contributed by atoms with van der Waals surface area (Å²) in [5.74, 6) is -0.520. The topological polar surface area (TPSA) is 35.5 Å². The van der Waals surface area contributed by atoms with E-state index in [4.69, 9.17) is 4.74 Å². The van der Waals surface area contributed by atoms with Crippen LogP contribution >= 0.6 is 22.6 Å². The lowest BCUT2D eigenvalue weighted by molar-refractivity contribution is -0.147. The fourth-order valence-corrected chi connectivity index (χ4v) is 1.47. The van der Waals surface area contributed by atoms with Crippen LogP contribution in [-0.2, 0) is 9.53 Å². The van der Waals surface area contributed by atoms with E-state index in [1.807, 2.05) is 22.6 Å². The maximum Gasteiger partial charge on any atom is 0.346 e. The molecule has 0 spiro atoms. The number of rotatable bonds is 3. The van der Waals surface area contributed by atoms with Gasteiger partial charge in [-0.15, -0.1) is 0 Å². The van der Waals surface area contributed by atoms with Crippen LogP contribution in [0.1, 0.15) is 6.92 Å². The average Bonchev–Trinajstić information content (AvgIpc) is 2.23. The van der Waals surface area contributed by atoms with E-state index in [0.29, 0.717) is 9.32 Å². The second-order valence-corrected chi connectivity index (χ2v) is 3.91. The van der Waals surface area contributed by atoms with Gasteiger partial charge >= 0.3 is 5.97 Å². The zero-order valence-electron chi connectivity index (χ0n) is 8.29. The highest BCUT2D eigenvalue weighted by Crippen LogP contribution is 2.24. The van der Waals surface area contributed by atoms with E-state index in [1.165, 1.54) is 19.2 Å². The molecule has 15 heavy (non-hydrogen) atoms. The highest BCUT2D eigenvalue weighted by atomic mass is 127. The highest BCUT2D eigenvalue weighted by molar-refractivity contribution is 14.1. The summed E-state index contributed by atoms with van der Waals surface area (Å²) in [6.45, 7) is 1.55. The Morgan fingerprint density at radius 1 is 1.53 bits per heavy atom. The third-order valence-corrected chi connectivity index (χ3v) is 2.80. The first-order valence-corrected chi connectivity index (χ1v) is 5.32. The molecule has 0 saturated heterocycles. The number of carbonyl (C=O) groups excluding carboxylic acids is 1. The van der Waals surface area contributed by atoms with Crippen molar-refractivity contribution in [3.05, 3.63) is 27.6 Å². The molecule has 0 saturated carbocycles. The second kappa shape index (κ2) is 5.29. The zero-order chi connectivity index (χ0) is 11.4. The van der Waals surface area contributed by atoms with E-state index in [9.17, 15) is 9.18 Å². The molecule has 0 radical (unpaired) electrons. The third-order valence-electron chi connectivity index (χ3n) is 1.75. The van der Waals surface area contributed by atoms with Crippen LogP contribution in [0.4, 0.5) is 4.39 Å². The molecular formula is C10H10FIO3. The first-order valence-electron chi connectivity index (χ1n) is 4.24. The molecule has 0 aliphatic carbocycles. The molecule has 0 aromatic heterocycles. The summed E-state index contributed by atoms with van der Waals surface area (Å²) in [6.07, 6.45) is -0.745. The van der Waals surface area contributed by atoms with Crippen LogP contribution in [0, 0.1) is 9.39 Å². The summed E-state index contributed by atoms with van der Waals surface area (Å²) in [5.41, 5.74) is 0. The Balaban J connectivity index is 2.81. The van der Waals surface area contributed by atoms with Crippen molar-refractivity contribution in [3.63, 3.8) is 0 Å². The van der Waals surface area contributed by atoms with Gasteiger partial charge in [0.2, 0.25) is 0 Å². The molecule has 0 fully saturated rings. The number of carbonyl (C=O) groups is 1. The number of esters is 1. The summed E-state index contributed by atoms with van der Waals surface area (Å²) >= 11 is 1.82. The van der Waals surface area contributed by atoms with Crippen LogP contribution in [0.5, 0.6) is 5.75 Å². The average molecular weight is 324 g/mol. The molecule has 1 aromatic carbocycles. The molecule has 1 atom stereocenters. The summed E-state index contributed by atoms with van der Waals surface area (Å²) in [7, 11) is 1.28. The molecular weight excluding hydrogens is 314 g/mol. The molecule has 0 amide bonds. The van der Waals surface area contributed by atoms with E-state index in [-0.39, 0.29) is 5.82 Å². The lowest BCUT2D eigenvalue weighted by Crippen LogP contribution is -2.25. The summed E-state index contributed by atoms with van der Waals surface area (Å²) in [4.78, 5) is 11.1. The van der Waals surface area contributed by atoms with E-state index in [1.54, 1.807) is 13.0 Å². The van der Waals surface area contributed by atoms with E-state index >= 15 is 0 Å². The van der Waals surface area contributed by atoms with E-state index in [0.717, 1.165) is 0 Å². The molecule has 1 rings (SSSR count). The summed E-state index contributed by atoms with van der Waals surface area (Å²) < 4.78 is 23.2. The number of halogens is 2. The van der Waals surface area contributed by atoms with Gasteiger partial charge in [-0.2, -0.15) is 0 Å². The Labute approximate surface area is 101 Å². The molecule has 1 aromatic rings. The van der Waals surface area contributed by atoms with Gasteiger partial charge in [-0.05, 0) is 41.6 Å². The van der Waals surface area contributed by atoms with Gasteiger partial charge in [0.25, 0.3) is 0 Å². The second-order valence-electron chi connectivity index (χ2n) is 2.84. The highest BCUT2D eigenvalue weighted by Gasteiger charge is 2.17. The first kappa shape index (κ1) is 12.2. The van der Waals surface area contributed by atoms with Crippen molar-refractivity contribution < 1.29 is 18.7 Å². The van der Waals surface area contributed by atoms with Gasteiger partial charge in [0.05, 0.1) is 10.7 Å². The van der Waals surface area contributed by atoms with Gasteiger partial charge in [-0.3, -0.25) is 0 Å². The largest absolute Gasteiger partial charge is 0.478 e. The lowest BCUT2D eigenvalue weighted by atomic mass is 10.3. The monoisotopic (exact) mass is 324 g/mol. The number of hydrogen-bond donors (Lipinski definition) is 0. The Hall–Kier alpha value is -0.850. The van der Waals surface area contributed by atoms with Crippen molar-refractivity contribution >= 4 is 28.6 Å². The normalized spacial score (nSPS) is 12.0. The predicted molar refractivity (Wildman–Crippen MR) is 61.2 cm³/mol. The SMILES string of the molecule is COC(=O)[C@@H](C)Oc1cccc(F)c1I. The van der Waals surface area contributed by atoms with Gasteiger partial charge in [0, 0.05) is 0 Å². The quantitative estimate of drug-likeness (QED) is 0.633. The molecule has 0 aliphatic rings. The minimum atomic E-state index is -0.745.